The summed E-state index contributed by atoms with van der Waals surface area (Å²) in [6.07, 6.45) is 0. The van der Waals surface area contributed by atoms with Crippen LogP contribution < -0.4 is 15.9 Å². The molecule has 0 aliphatic heterocycles. The Bertz CT molecular complexity index is 964. The standard InChI is InChI=1S/C15H15N5O4S/c1-8-14(24)20(15(25)17-16-8)18-13(23)11-6-4-5-7-12(11)19(9(2)21)10(3)22/h4-7H,1-3H3,(H,17,25)(H,18,23). The van der Waals surface area contributed by atoms with Crippen LogP contribution in [-0.2, 0) is 9.59 Å². The van der Waals surface area contributed by atoms with Crippen LogP contribution in [0.1, 0.15) is 29.9 Å². The summed E-state index contributed by atoms with van der Waals surface area (Å²) in [7, 11) is 0. The molecule has 0 spiro atoms. The summed E-state index contributed by atoms with van der Waals surface area (Å²) in [6.45, 7) is 3.88. The number of nitrogens with zero attached hydrogens (tertiary/aromatic N) is 3. The maximum absolute atomic E-state index is 12.6. The van der Waals surface area contributed by atoms with Gasteiger partial charge in [0, 0.05) is 13.8 Å². The van der Waals surface area contributed by atoms with Gasteiger partial charge < -0.3 is 0 Å². The number of nitrogens with one attached hydrogen (secondary N) is 2. The molecule has 0 atom stereocenters. The number of hydrogen-bond acceptors (Lipinski definition) is 6. The highest BCUT2D eigenvalue weighted by molar-refractivity contribution is 7.71. The van der Waals surface area contributed by atoms with Gasteiger partial charge in [-0.25, -0.2) is 0 Å². The average molecular weight is 361 g/mol. The van der Waals surface area contributed by atoms with Crippen molar-refractivity contribution >= 4 is 35.6 Å². The molecule has 1 aromatic carbocycles. The highest BCUT2D eigenvalue weighted by Gasteiger charge is 2.23. The zero-order valence-corrected chi connectivity index (χ0v) is 14.5. The second kappa shape index (κ2) is 7.18. The molecule has 0 aliphatic carbocycles. The van der Waals surface area contributed by atoms with Crippen molar-refractivity contribution in [2.75, 3.05) is 10.3 Å². The van der Waals surface area contributed by atoms with Gasteiger partial charge in [-0.3, -0.25) is 34.6 Å². The summed E-state index contributed by atoms with van der Waals surface area (Å²) < 4.78 is 0.735. The van der Waals surface area contributed by atoms with E-state index in [0.717, 1.165) is 9.58 Å². The van der Waals surface area contributed by atoms with Gasteiger partial charge in [0.15, 0.2) is 0 Å². The van der Waals surface area contributed by atoms with Crippen molar-refractivity contribution in [1.82, 2.24) is 14.9 Å². The zero-order chi connectivity index (χ0) is 18.7. The molecule has 10 heteroatoms. The number of rotatable bonds is 3. The molecule has 0 fully saturated rings. The monoisotopic (exact) mass is 361 g/mol. The van der Waals surface area contributed by atoms with Crippen LogP contribution in [0.4, 0.5) is 5.69 Å². The number of amides is 3. The minimum Gasteiger partial charge on any atom is -0.274 e. The lowest BCUT2D eigenvalue weighted by atomic mass is 10.1. The minimum atomic E-state index is -0.713. The van der Waals surface area contributed by atoms with Crippen LogP contribution in [0.25, 0.3) is 0 Å². The van der Waals surface area contributed by atoms with E-state index < -0.39 is 23.3 Å². The second-order valence-electron chi connectivity index (χ2n) is 5.09. The Kier molecular flexibility index (Phi) is 5.22. The lowest BCUT2D eigenvalue weighted by Gasteiger charge is -2.20. The predicted octanol–water partition coefficient (Wildman–Crippen LogP) is 0.893. The van der Waals surface area contributed by atoms with Crippen molar-refractivity contribution in [2.24, 2.45) is 0 Å². The molecule has 0 aliphatic rings. The summed E-state index contributed by atoms with van der Waals surface area (Å²) in [5.74, 6) is -1.79. The summed E-state index contributed by atoms with van der Waals surface area (Å²) in [5.41, 5.74) is 2.00. The van der Waals surface area contributed by atoms with Crippen molar-refractivity contribution in [1.29, 1.82) is 0 Å². The minimum absolute atomic E-state index is 0.0312. The van der Waals surface area contributed by atoms with Crippen LogP contribution in [0.3, 0.4) is 0 Å². The first-order valence-corrected chi connectivity index (χ1v) is 7.55. The number of para-hydroxylation sites is 1. The predicted molar refractivity (Wildman–Crippen MR) is 92.4 cm³/mol. The Hall–Kier alpha value is -3.14. The number of carbonyl (C=O) groups excluding carboxylic acids is 3. The molecule has 2 rings (SSSR count). The fourth-order valence-electron chi connectivity index (χ4n) is 2.17. The number of benzene rings is 1. The summed E-state index contributed by atoms with van der Waals surface area (Å²) in [4.78, 5) is 49.1. The highest BCUT2D eigenvalue weighted by Crippen LogP contribution is 2.21. The molecule has 1 aromatic heterocycles. The van der Waals surface area contributed by atoms with Crippen LogP contribution in [0, 0.1) is 11.7 Å². The molecule has 25 heavy (non-hydrogen) atoms. The lowest BCUT2D eigenvalue weighted by molar-refractivity contribution is -0.124. The third kappa shape index (κ3) is 3.69. The van der Waals surface area contributed by atoms with Crippen LogP contribution in [0.15, 0.2) is 29.1 Å². The SMILES string of the molecule is CC(=O)N(C(C)=O)c1ccccc1C(=O)Nn1c(=S)[nH]nc(C)c1=O. The molecular formula is C15H15N5O4S. The molecule has 0 bridgehead atoms. The molecule has 0 saturated heterocycles. The number of anilines is 1. The van der Waals surface area contributed by atoms with Gasteiger partial charge in [-0.15, -0.1) is 0 Å². The number of carbonyl (C=O) groups is 3. The van der Waals surface area contributed by atoms with E-state index in [1.807, 2.05) is 0 Å². The van der Waals surface area contributed by atoms with Crippen LogP contribution in [0.5, 0.6) is 0 Å². The Balaban J connectivity index is 2.51. The van der Waals surface area contributed by atoms with Gasteiger partial charge in [0.25, 0.3) is 11.5 Å². The Morgan fingerprint density at radius 3 is 2.40 bits per heavy atom. The van der Waals surface area contributed by atoms with Gasteiger partial charge in [0.05, 0.1) is 11.3 Å². The van der Waals surface area contributed by atoms with Crippen molar-refractivity contribution in [3.63, 3.8) is 0 Å². The number of H-pyrrole nitrogens is 1. The van der Waals surface area contributed by atoms with Gasteiger partial charge >= 0.3 is 0 Å². The first kappa shape index (κ1) is 18.2. The topological polar surface area (TPSA) is 117 Å². The molecule has 0 unspecified atom stereocenters. The Labute approximate surface area is 147 Å². The summed E-state index contributed by atoms with van der Waals surface area (Å²) >= 11 is 4.95. The molecule has 0 radical (unpaired) electrons. The highest BCUT2D eigenvalue weighted by atomic mass is 32.1. The quantitative estimate of drug-likeness (QED) is 0.784. The molecular weight excluding hydrogens is 346 g/mol. The molecule has 2 N–H and O–H groups in total. The maximum Gasteiger partial charge on any atom is 0.295 e. The number of imide groups is 1. The van der Waals surface area contributed by atoms with Crippen molar-refractivity contribution in [3.05, 3.63) is 50.6 Å². The van der Waals surface area contributed by atoms with Gasteiger partial charge in [-0.05, 0) is 31.3 Å². The largest absolute Gasteiger partial charge is 0.295 e. The Morgan fingerprint density at radius 2 is 1.80 bits per heavy atom. The first-order valence-electron chi connectivity index (χ1n) is 7.14. The van der Waals surface area contributed by atoms with Crippen LogP contribution >= 0.6 is 12.2 Å². The van der Waals surface area contributed by atoms with E-state index in [4.69, 9.17) is 12.2 Å². The zero-order valence-electron chi connectivity index (χ0n) is 13.7. The van der Waals surface area contributed by atoms with E-state index in [1.54, 1.807) is 12.1 Å². The molecule has 0 saturated carbocycles. The molecule has 9 nitrogen and oxygen atoms in total. The molecule has 130 valence electrons. The smallest absolute Gasteiger partial charge is 0.274 e. The van der Waals surface area contributed by atoms with Crippen molar-refractivity contribution in [2.45, 2.75) is 20.8 Å². The summed E-state index contributed by atoms with van der Waals surface area (Å²) in [5, 5.41) is 6.13. The maximum atomic E-state index is 12.6. The van der Waals surface area contributed by atoms with Gasteiger partial charge in [-0.1, -0.05) is 12.1 Å². The van der Waals surface area contributed by atoms with E-state index in [9.17, 15) is 19.2 Å². The third-order valence-corrected chi connectivity index (χ3v) is 3.54. The van der Waals surface area contributed by atoms with Gasteiger partial charge in [-0.2, -0.15) is 9.77 Å². The molecule has 3 amide bonds. The lowest BCUT2D eigenvalue weighted by Crippen LogP contribution is -2.38. The van der Waals surface area contributed by atoms with Crippen LogP contribution in [0.2, 0.25) is 0 Å². The van der Waals surface area contributed by atoms with E-state index >= 15 is 0 Å². The van der Waals surface area contributed by atoms with E-state index in [-0.39, 0.29) is 21.7 Å². The number of hydrogen-bond donors (Lipinski definition) is 2. The van der Waals surface area contributed by atoms with Gasteiger partial charge in [0.2, 0.25) is 16.6 Å². The number of aryl methyl sites for hydroxylation is 1. The first-order chi connectivity index (χ1) is 11.7. The normalized spacial score (nSPS) is 10.2. The number of aromatic amines is 1. The van der Waals surface area contributed by atoms with Crippen molar-refractivity contribution < 1.29 is 14.4 Å². The molecule has 2 aromatic rings. The van der Waals surface area contributed by atoms with E-state index in [2.05, 4.69) is 15.6 Å². The second-order valence-corrected chi connectivity index (χ2v) is 5.47. The average Bonchev–Trinajstić information content (AvgIpc) is 2.55. The third-order valence-electron chi connectivity index (χ3n) is 3.27. The molecule has 1 heterocycles. The van der Waals surface area contributed by atoms with Gasteiger partial charge in [0.1, 0.15) is 5.69 Å². The Morgan fingerprint density at radius 1 is 1.20 bits per heavy atom. The number of aromatic nitrogens is 3. The fraction of sp³-hybridized carbons (Fsp3) is 0.200. The van der Waals surface area contributed by atoms with Crippen LogP contribution in [-0.4, -0.2) is 32.6 Å². The fourth-order valence-corrected chi connectivity index (χ4v) is 2.34. The van der Waals surface area contributed by atoms with E-state index in [0.29, 0.717) is 0 Å². The summed E-state index contributed by atoms with van der Waals surface area (Å²) in [6, 6.07) is 6.03. The van der Waals surface area contributed by atoms with Crippen molar-refractivity contribution in [3.8, 4) is 0 Å². The van der Waals surface area contributed by atoms with E-state index in [1.165, 1.54) is 32.9 Å².